The summed E-state index contributed by atoms with van der Waals surface area (Å²) >= 11 is 0. The smallest absolute Gasteiger partial charge is 0.335 e. The van der Waals surface area contributed by atoms with Crippen LogP contribution < -0.4 is 15.0 Å². The molecule has 4 amide bonds. The van der Waals surface area contributed by atoms with Gasteiger partial charge in [0.05, 0.1) is 18.5 Å². The highest BCUT2D eigenvalue weighted by molar-refractivity contribution is 6.32. The van der Waals surface area contributed by atoms with E-state index in [2.05, 4.69) is 15.3 Å². The van der Waals surface area contributed by atoms with Crippen molar-refractivity contribution >= 4 is 35.4 Å². The van der Waals surface area contributed by atoms with Gasteiger partial charge in [-0.15, -0.1) is 0 Å². The number of anilines is 1. The van der Waals surface area contributed by atoms with Crippen molar-refractivity contribution in [2.75, 3.05) is 12.0 Å². The number of benzene rings is 1. The molecule has 1 atom stereocenters. The summed E-state index contributed by atoms with van der Waals surface area (Å²) in [4.78, 5) is 45.6. The second-order valence-electron chi connectivity index (χ2n) is 5.13. The number of urea groups is 1. The number of aliphatic imine (C=N–C) groups is 1. The molecule has 2 aromatic rings. The highest BCUT2D eigenvalue weighted by Crippen LogP contribution is 2.23. The molecule has 0 bridgehead atoms. The van der Waals surface area contributed by atoms with Crippen LogP contribution >= 0.6 is 0 Å². The summed E-state index contributed by atoms with van der Waals surface area (Å²) in [6.45, 7) is 0. The zero-order valence-corrected chi connectivity index (χ0v) is 13.2. The zero-order valence-electron chi connectivity index (χ0n) is 13.2. The third-order valence-corrected chi connectivity index (χ3v) is 3.57. The number of nitrogens with zero attached hydrogens (tertiary/aromatic N) is 3. The van der Waals surface area contributed by atoms with E-state index >= 15 is 0 Å². The fourth-order valence-corrected chi connectivity index (χ4v) is 2.29. The summed E-state index contributed by atoms with van der Waals surface area (Å²) in [7, 11) is 1.51. The predicted molar refractivity (Wildman–Crippen MR) is 89.9 cm³/mol. The number of carbonyl (C=O) groups is 3. The zero-order chi connectivity index (χ0) is 17.8. The molecule has 1 N–H and O–H groups in total. The maximum absolute atomic E-state index is 12.6. The largest absolute Gasteiger partial charge is 0.497 e. The number of pyridine rings is 1. The minimum Gasteiger partial charge on any atom is -0.497 e. The number of hydrogen-bond acceptors (Lipinski definition) is 6. The molecule has 1 aliphatic heterocycles. The van der Waals surface area contributed by atoms with Gasteiger partial charge in [0.25, 0.3) is 5.91 Å². The van der Waals surface area contributed by atoms with Crippen molar-refractivity contribution < 1.29 is 19.1 Å². The fourth-order valence-electron chi connectivity index (χ4n) is 2.29. The van der Waals surface area contributed by atoms with Crippen LogP contribution in [0.4, 0.5) is 16.2 Å². The van der Waals surface area contributed by atoms with Crippen molar-refractivity contribution in [3.8, 4) is 5.75 Å². The van der Waals surface area contributed by atoms with Gasteiger partial charge in [-0.1, -0.05) is 0 Å². The molecule has 3 rings (SSSR count). The minimum absolute atomic E-state index is 0.332. The number of hydrogen-bond donors (Lipinski definition) is 1. The quantitative estimate of drug-likeness (QED) is 0.675. The first-order valence-corrected chi connectivity index (χ1v) is 7.37. The van der Waals surface area contributed by atoms with Gasteiger partial charge in [0, 0.05) is 18.6 Å². The van der Waals surface area contributed by atoms with Gasteiger partial charge in [0.15, 0.2) is 5.92 Å². The Morgan fingerprint density at radius 3 is 2.44 bits per heavy atom. The molecule has 0 unspecified atom stereocenters. The maximum atomic E-state index is 12.6. The highest BCUT2D eigenvalue weighted by Gasteiger charge is 2.40. The van der Waals surface area contributed by atoms with Gasteiger partial charge < -0.3 is 4.74 Å². The van der Waals surface area contributed by atoms with Crippen LogP contribution in [0.15, 0.2) is 53.8 Å². The Labute approximate surface area is 143 Å². The van der Waals surface area contributed by atoms with Crippen LogP contribution in [0.3, 0.4) is 0 Å². The molecule has 1 aliphatic rings. The van der Waals surface area contributed by atoms with E-state index in [1.165, 1.54) is 13.3 Å². The summed E-state index contributed by atoms with van der Waals surface area (Å²) < 4.78 is 5.05. The molecule has 0 spiro atoms. The van der Waals surface area contributed by atoms with Crippen molar-refractivity contribution in [2.45, 2.75) is 0 Å². The number of carbonyl (C=O) groups excluding carboxylic acids is 3. The number of aromatic nitrogens is 1. The molecule has 1 aromatic heterocycles. The number of ether oxygens (including phenoxy) is 1. The normalized spacial score (nSPS) is 17.7. The van der Waals surface area contributed by atoms with Gasteiger partial charge in [0.1, 0.15) is 5.75 Å². The lowest BCUT2D eigenvalue weighted by Gasteiger charge is -2.28. The SMILES string of the molecule is COc1ccc(N2C(=O)NC(=O)[C@@H](C=Nc3ccncc3)C2=O)cc1. The number of imide groups is 2. The average Bonchev–Trinajstić information content (AvgIpc) is 2.62. The second kappa shape index (κ2) is 6.91. The number of nitrogens with one attached hydrogen (secondary N) is 1. The Balaban J connectivity index is 1.87. The van der Waals surface area contributed by atoms with E-state index in [0.717, 1.165) is 4.90 Å². The summed E-state index contributed by atoms with van der Waals surface area (Å²) in [5.74, 6) is -2.00. The first-order chi connectivity index (χ1) is 12.1. The molecule has 0 radical (unpaired) electrons. The van der Waals surface area contributed by atoms with E-state index in [-0.39, 0.29) is 0 Å². The van der Waals surface area contributed by atoms with Crippen LogP contribution in [0.25, 0.3) is 0 Å². The van der Waals surface area contributed by atoms with Gasteiger partial charge in [-0.3, -0.25) is 24.9 Å². The highest BCUT2D eigenvalue weighted by atomic mass is 16.5. The van der Waals surface area contributed by atoms with Crippen molar-refractivity contribution in [1.82, 2.24) is 10.3 Å². The first-order valence-electron chi connectivity index (χ1n) is 7.37. The van der Waals surface area contributed by atoms with E-state index in [1.54, 1.807) is 48.8 Å². The lowest BCUT2D eigenvalue weighted by Crippen LogP contribution is -2.58. The van der Waals surface area contributed by atoms with Crippen molar-refractivity contribution in [3.63, 3.8) is 0 Å². The Hall–Kier alpha value is -3.55. The van der Waals surface area contributed by atoms with Crippen molar-refractivity contribution in [1.29, 1.82) is 0 Å². The Morgan fingerprint density at radius 1 is 1.12 bits per heavy atom. The van der Waals surface area contributed by atoms with Gasteiger partial charge in [0.2, 0.25) is 5.91 Å². The Bertz CT molecular complexity index is 833. The second-order valence-corrected chi connectivity index (χ2v) is 5.13. The standard InChI is InChI=1S/C17H14N4O4/c1-25-13-4-2-12(3-5-13)21-16(23)14(15(22)20-17(21)24)10-19-11-6-8-18-9-7-11/h2-10,14H,1H3,(H,20,22,24)/t14-/m1/s1. The van der Waals surface area contributed by atoms with Crippen LogP contribution in [-0.4, -0.2) is 36.2 Å². The average molecular weight is 338 g/mol. The summed E-state index contributed by atoms with van der Waals surface area (Å²) in [5.41, 5.74) is 0.876. The molecule has 1 fully saturated rings. The summed E-state index contributed by atoms with van der Waals surface area (Å²) in [5, 5.41) is 2.17. The molecule has 1 saturated heterocycles. The van der Waals surface area contributed by atoms with Crippen LogP contribution in [0.2, 0.25) is 0 Å². The molecule has 1 aromatic carbocycles. The van der Waals surface area contributed by atoms with Gasteiger partial charge in [-0.05, 0) is 36.4 Å². The van der Waals surface area contributed by atoms with Crippen LogP contribution in [0.1, 0.15) is 0 Å². The van der Waals surface area contributed by atoms with E-state index < -0.39 is 23.8 Å². The third kappa shape index (κ3) is 3.37. The monoisotopic (exact) mass is 338 g/mol. The van der Waals surface area contributed by atoms with Crippen LogP contribution in [-0.2, 0) is 9.59 Å². The molecule has 25 heavy (non-hydrogen) atoms. The Morgan fingerprint density at radius 2 is 1.80 bits per heavy atom. The van der Waals surface area contributed by atoms with E-state index in [1.807, 2.05) is 0 Å². The number of methoxy groups -OCH3 is 1. The number of barbiturate groups is 1. The third-order valence-electron chi connectivity index (χ3n) is 3.57. The fraction of sp³-hybridized carbons (Fsp3) is 0.118. The number of amides is 4. The number of rotatable bonds is 4. The molecular formula is C17H14N4O4. The molecular weight excluding hydrogens is 324 g/mol. The van der Waals surface area contributed by atoms with Gasteiger partial charge in [-0.2, -0.15) is 0 Å². The predicted octanol–water partition coefficient (Wildman–Crippen LogP) is 1.69. The van der Waals surface area contributed by atoms with Crippen molar-refractivity contribution in [3.05, 3.63) is 48.8 Å². The van der Waals surface area contributed by atoms with E-state index in [4.69, 9.17) is 4.74 Å². The summed E-state index contributed by atoms with van der Waals surface area (Å²) in [6.07, 6.45) is 4.31. The molecule has 0 saturated carbocycles. The van der Waals surface area contributed by atoms with Gasteiger partial charge >= 0.3 is 6.03 Å². The first kappa shape index (κ1) is 16.3. The van der Waals surface area contributed by atoms with E-state index in [0.29, 0.717) is 17.1 Å². The molecule has 8 nitrogen and oxygen atoms in total. The van der Waals surface area contributed by atoms with Crippen LogP contribution in [0.5, 0.6) is 5.75 Å². The van der Waals surface area contributed by atoms with E-state index in [9.17, 15) is 14.4 Å². The molecule has 8 heteroatoms. The molecule has 0 aliphatic carbocycles. The topological polar surface area (TPSA) is 101 Å². The maximum Gasteiger partial charge on any atom is 0.335 e. The molecule has 126 valence electrons. The lowest BCUT2D eigenvalue weighted by molar-refractivity contribution is -0.131. The lowest BCUT2D eigenvalue weighted by atomic mass is 10.1. The Kier molecular flexibility index (Phi) is 4.51. The molecule has 2 heterocycles. The minimum atomic E-state index is -1.20. The van der Waals surface area contributed by atoms with Crippen molar-refractivity contribution in [2.24, 2.45) is 10.9 Å². The van der Waals surface area contributed by atoms with Gasteiger partial charge in [-0.25, -0.2) is 9.69 Å². The van der Waals surface area contributed by atoms with Crippen LogP contribution in [0, 0.1) is 5.92 Å². The summed E-state index contributed by atoms with van der Waals surface area (Å²) in [6, 6.07) is 8.82.